The van der Waals surface area contributed by atoms with Gasteiger partial charge in [0.05, 0.1) is 38.6 Å². The molecule has 0 amide bonds. The lowest BCUT2D eigenvalue weighted by atomic mass is 9.80. The Bertz CT molecular complexity index is 8290. The van der Waals surface area contributed by atoms with E-state index in [1.807, 2.05) is 121 Å². The summed E-state index contributed by atoms with van der Waals surface area (Å²) in [6.45, 7) is 0. The van der Waals surface area contributed by atoms with Gasteiger partial charge in [0.2, 0.25) is 0 Å². The fourth-order valence-electron chi connectivity index (χ4n) is 19.7. The van der Waals surface area contributed by atoms with Crippen LogP contribution in [0.2, 0.25) is 0 Å². The van der Waals surface area contributed by atoms with E-state index in [-0.39, 0.29) is 0 Å². The van der Waals surface area contributed by atoms with E-state index in [9.17, 15) is 0 Å². The van der Waals surface area contributed by atoms with E-state index in [4.69, 9.17) is 24.9 Å². The molecule has 2 aliphatic rings. The second kappa shape index (κ2) is 30.4. The highest BCUT2D eigenvalue weighted by Gasteiger charge is 2.33. The van der Waals surface area contributed by atoms with Gasteiger partial charge in [0, 0.05) is 104 Å². The van der Waals surface area contributed by atoms with Gasteiger partial charge in [0.15, 0.2) is 34.9 Å². The number of halogens is 1. The summed E-state index contributed by atoms with van der Waals surface area (Å²) in [4.78, 5) is 33.2. The van der Waals surface area contributed by atoms with Crippen LogP contribution in [-0.2, 0) is 25.7 Å². The molecule has 0 radical (unpaired) electrons. The molecule has 24 aromatic rings. The van der Waals surface area contributed by atoms with E-state index in [0.717, 1.165) is 80.4 Å². The van der Waals surface area contributed by atoms with E-state index in [0.29, 0.717) is 34.9 Å². The standard InChI is InChI=1S/C57H37N5.C36H24N2.C21H14BrN3/c1-4-17-36(18-5-1)55-58-56(37-19-6-2-7-20-37)60-57(59-55)40-23-16-26-44(33-40)62-50-30-15-13-28-46(50)52-48-35-42-32-39-22-11-10-21-38(39)31-41(42)34-47(48)51-45-27-12-14-29-49(45)61(53(51)54(52)62)43-24-8-3-9-25-43;1-2-12-26(13-3-1)38-32-17-9-7-15-28(32)34-30-21-25-19-23-11-5-4-10-22(23)18-24(25)20-29(30)33-27-14-6-8-16-31(27)37-35(33)36(34)38;22-18-13-7-12-17(14-18)21-24-19(15-8-3-1-4-9-15)23-20(25-21)16-10-5-2-6-11-16/h1-33H,34-35H2;1-19,37H,20-21H2;1-14H. The molecular weight excluding hydrogens is 1590 g/mol. The predicted molar refractivity (Wildman–Crippen MR) is 518 cm³/mol. The van der Waals surface area contributed by atoms with E-state index >= 15 is 0 Å². The zero-order chi connectivity index (χ0) is 82.6. The molecule has 6 aromatic heterocycles. The van der Waals surface area contributed by atoms with Gasteiger partial charge in [-0.2, -0.15) is 0 Å². The Balaban J connectivity index is 0.000000117. The van der Waals surface area contributed by atoms with Crippen LogP contribution in [0, 0.1) is 0 Å². The van der Waals surface area contributed by atoms with Gasteiger partial charge < -0.3 is 18.7 Å². The molecule has 0 bridgehead atoms. The summed E-state index contributed by atoms with van der Waals surface area (Å²) in [5, 5.41) is 15.8. The third-order valence-corrected chi connectivity index (χ3v) is 25.7. The minimum absolute atomic E-state index is 0.630. The van der Waals surface area contributed by atoms with Gasteiger partial charge in [-0.05, 0) is 165 Å². The van der Waals surface area contributed by atoms with Gasteiger partial charge in [-0.25, -0.2) is 29.9 Å². The number of rotatable bonds is 9. The molecule has 0 saturated carbocycles. The summed E-state index contributed by atoms with van der Waals surface area (Å²) < 4.78 is 8.47. The molecule has 2 aliphatic carbocycles. The second-order valence-electron chi connectivity index (χ2n) is 32.5. The van der Waals surface area contributed by atoms with Crippen molar-refractivity contribution in [2.75, 3.05) is 0 Å². The Labute approximate surface area is 728 Å². The Morgan fingerprint density at radius 2 is 0.504 bits per heavy atom. The van der Waals surface area contributed by atoms with Crippen molar-refractivity contribution < 1.29 is 0 Å². The second-order valence-corrected chi connectivity index (χ2v) is 33.4. The molecule has 18 aromatic carbocycles. The molecule has 0 aliphatic heterocycles. The lowest BCUT2D eigenvalue weighted by Gasteiger charge is -2.24. The number of nitrogens with zero attached hydrogens (tertiary/aromatic N) is 9. The molecule has 0 spiro atoms. The summed E-state index contributed by atoms with van der Waals surface area (Å²) in [6.07, 6.45) is 3.63. The molecule has 11 heteroatoms. The number of fused-ring (bicyclic) bond motifs is 24. The molecule has 0 unspecified atom stereocenters. The average Bonchev–Trinajstić information content (AvgIpc) is 1.52. The van der Waals surface area contributed by atoms with E-state index in [1.165, 1.54) is 153 Å². The molecule has 6 heterocycles. The van der Waals surface area contributed by atoms with Crippen LogP contribution in [-0.4, -0.2) is 48.6 Å². The van der Waals surface area contributed by atoms with Crippen molar-refractivity contribution in [2.24, 2.45) is 0 Å². The minimum Gasteiger partial charge on any atom is -0.353 e. The van der Waals surface area contributed by atoms with Crippen molar-refractivity contribution in [2.45, 2.75) is 25.7 Å². The van der Waals surface area contributed by atoms with Gasteiger partial charge in [0.25, 0.3) is 0 Å². The summed E-state index contributed by atoms with van der Waals surface area (Å²) >= 11 is 3.52. The van der Waals surface area contributed by atoms with Gasteiger partial charge in [-0.1, -0.05) is 344 Å². The number of aromatic nitrogens is 10. The Hall–Kier alpha value is -15.8. The summed E-state index contributed by atoms with van der Waals surface area (Å²) in [5.41, 5.74) is 30.3. The lowest BCUT2D eigenvalue weighted by Crippen LogP contribution is -2.10. The lowest BCUT2D eigenvalue weighted by molar-refractivity contribution is 1.03. The first-order valence-corrected chi connectivity index (χ1v) is 43.4. The van der Waals surface area contributed by atoms with Crippen LogP contribution >= 0.6 is 15.9 Å². The third-order valence-electron chi connectivity index (χ3n) is 25.2. The van der Waals surface area contributed by atoms with E-state index in [2.05, 4.69) is 319 Å². The number of nitrogens with one attached hydrogen (secondary N) is 1. The number of hydrogen-bond acceptors (Lipinski definition) is 6. The zero-order valence-corrected chi connectivity index (χ0v) is 69.4. The normalized spacial score (nSPS) is 12.2. The zero-order valence-electron chi connectivity index (χ0n) is 67.8. The highest BCUT2D eigenvalue weighted by Crippen LogP contribution is 2.51. The first-order chi connectivity index (χ1) is 61.9. The largest absolute Gasteiger partial charge is 0.353 e. The molecule has 1 N–H and O–H groups in total. The van der Waals surface area contributed by atoms with Crippen molar-refractivity contribution in [3.05, 3.63) is 449 Å². The van der Waals surface area contributed by atoms with Crippen LogP contribution in [0.1, 0.15) is 44.5 Å². The maximum atomic E-state index is 5.14. The van der Waals surface area contributed by atoms with Crippen LogP contribution in [0.5, 0.6) is 0 Å². The highest BCUT2D eigenvalue weighted by atomic mass is 79.9. The van der Waals surface area contributed by atoms with Crippen molar-refractivity contribution in [1.82, 2.24) is 48.6 Å². The van der Waals surface area contributed by atoms with Crippen LogP contribution < -0.4 is 0 Å². The van der Waals surface area contributed by atoms with Gasteiger partial charge in [-0.15, -0.1) is 0 Å². The molecular formula is C114H75BrN10. The van der Waals surface area contributed by atoms with Gasteiger partial charge in [-0.3, -0.25) is 0 Å². The fourth-order valence-corrected chi connectivity index (χ4v) is 20.1. The number of benzene rings is 18. The maximum absolute atomic E-state index is 5.14. The topological polar surface area (TPSA) is 108 Å². The Morgan fingerprint density at radius 1 is 0.224 bits per heavy atom. The number of hydrogen-bond donors (Lipinski definition) is 1. The molecule has 588 valence electrons. The minimum atomic E-state index is 0.630. The number of aromatic amines is 1. The SMILES string of the molecule is Brc1cccc(-c2nc(-c3ccccc3)nc(-c3ccccc3)n2)c1.c1ccc(-c2nc(-c3ccccc3)nc(-c3cccc(-n4c5ccccc5c5c6c(c7c8ccccc8n(-c8ccccc8)c7c54)Cc4cc5ccccc5cc4C6)c3)n2)cc1.c1ccc(-n2c3ccccc3c3c4c(c5c6ccccc6[nH]c5c32)Cc2cc3ccccc3cc2C4)cc1. The fraction of sp³-hybridized carbons (Fsp3) is 0.0351. The molecule has 0 saturated heterocycles. The van der Waals surface area contributed by atoms with Crippen LogP contribution in [0.15, 0.2) is 405 Å². The molecule has 26 rings (SSSR count). The van der Waals surface area contributed by atoms with Crippen molar-refractivity contribution in [3.8, 4) is 85.4 Å². The average molecular weight is 1660 g/mol. The predicted octanol–water partition coefficient (Wildman–Crippen LogP) is 28.4. The molecule has 125 heavy (non-hydrogen) atoms. The van der Waals surface area contributed by atoms with Crippen molar-refractivity contribution >= 4 is 125 Å². The van der Waals surface area contributed by atoms with Crippen LogP contribution in [0.25, 0.3) is 194 Å². The Kier molecular flexibility index (Phi) is 17.8. The van der Waals surface area contributed by atoms with Crippen molar-refractivity contribution in [3.63, 3.8) is 0 Å². The van der Waals surface area contributed by atoms with Gasteiger partial charge in [0.1, 0.15) is 0 Å². The molecule has 0 atom stereocenters. The maximum Gasteiger partial charge on any atom is 0.164 e. The van der Waals surface area contributed by atoms with E-state index < -0.39 is 0 Å². The first-order valence-electron chi connectivity index (χ1n) is 42.6. The smallest absolute Gasteiger partial charge is 0.164 e. The third kappa shape index (κ3) is 12.7. The van der Waals surface area contributed by atoms with Crippen molar-refractivity contribution in [1.29, 1.82) is 0 Å². The monoisotopic (exact) mass is 1660 g/mol. The number of H-pyrrole nitrogens is 1. The quantitative estimate of drug-likeness (QED) is 0.154. The number of para-hydroxylation sites is 6. The first kappa shape index (κ1) is 73.1. The summed E-state index contributed by atoms with van der Waals surface area (Å²) in [6, 6.07) is 142. The van der Waals surface area contributed by atoms with Crippen LogP contribution in [0.3, 0.4) is 0 Å². The summed E-state index contributed by atoms with van der Waals surface area (Å²) in [7, 11) is 0. The molecule has 0 fully saturated rings. The van der Waals surface area contributed by atoms with Crippen LogP contribution in [0.4, 0.5) is 0 Å². The molecule has 10 nitrogen and oxygen atoms in total. The van der Waals surface area contributed by atoms with Gasteiger partial charge >= 0.3 is 0 Å². The highest BCUT2D eigenvalue weighted by molar-refractivity contribution is 9.10. The van der Waals surface area contributed by atoms with E-state index in [1.54, 1.807) is 0 Å². The summed E-state index contributed by atoms with van der Waals surface area (Å²) in [5.74, 6) is 3.92. The Morgan fingerprint density at radius 3 is 0.896 bits per heavy atom.